The summed E-state index contributed by atoms with van der Waals surface area (Å²) in [5.41, 5.74) is 15.3. The maximum absolute atomic E-state index is 14.5. The summed E-state index contributed by atoms with van der Waals surface area (Å²) in [4.78, 5) is 25.6. The largest absolute Gasteiger partial charge is 0.382 e. The van der Waals surface area contributed by atoms with Gasteiger partial charge in [-0.15, -0.1) is 0 Å². The number of hydrogen-bond acceptors (Lipinski definition) is 10. The summed E-state index contributed by atoms with van der Waals surface area (Å²) in [5, 5.41) is 11.2. The number of aliphatic imine (C=N–C) groups is 1. The van der Waals surface area contributed by atoms with Crippen LogP contribution in [-0.4, -0.2) is 76.2 Å². The first-order chi connectivity index (χ1) is 18.3. The summed E-state index contributed by atoms with van der Waals surface area (Å²) in [6, 6.07) is 5.39. The number of nitrogen functional groups attached to an aromatic ring is 1. The molecule has 12 heteroatoms. The molecule has 6 N–H and O–H groups in total. The van der Waals surface area contributed by atoms with E-state index in [1.54, 1.807) is 19.2 Å². The van der Waals surface area contributed by atoms with Gasteiger partial charge in [-0.25, -0.2) is 14.4 Å². The summed E-state index contributed by atoms with van der Waals surface area (Å²) >= 11 is 0. The summed E-state index contributed by atoms with van der Waals surface area (Å²) in [7, 11) is 0. The minimum Gasteiger partial charge on any atom is -0.382 e. The van der Waals surface area contributed by atoms with Crippen molar-refractivity contribution >= 4 is 35.3 Å². The van der Waals surface area contributed by atoms with E-state index in [1.807, 2.05) is 12.1 Å². The topological polar surface area (TPSA) is 158 Å². The maximum atomic E-state index is 14.5. The molecule has 3 heterocycles. The normalized spacial score (nSPS) is 14.7. The van der Waals surface area contributed by atoms with Crippen LogP contribution in [0.1, 0.15) is 42.3 Å². The van der Waals surface area contributed by atoms with Crippen LogP contribution < -0.4 is 21.7 Å². The van der Waals surface area contributed by atoms with Gasteiger partial charge in [-0.2, -0.15) is 9.97 Å². The quantitative estimate of drug-likeness (QED) is 0.246. The lowest BCUT2D eigenvalue weighted by Crippen LogP contribution is -2.48. The summed E-state index contributed by atoms with van der Waals surface area (Å²) in [6.45, 7) is 10.4. The number of nitrogens with zero attached hydrogens (tertiary/aromatic N) is 7. The molecule has 200 valence electrons. The van der Waals surface area contributed by atoms with Gasteiger partial charge in [-0.1, -0.05) is 19.9 Å². The van der Waals surface area contributed by atoms with Crippen molar-refractivity contribution < 1.29 is 4.39 Å². The van der Waals surface area contributed by atoms with Crippen molar-refractivity contribution in [1.82, 2.24) is 24.8 Å². The molecule has 38 heavy (non-hydrogen) atoms. The third-order valence-electron chi connectivity index (χ3n) is 6.51. The molecular formula is C26H34FN11. The summed E-state index contributed by atoms with van der Waals surface area (Å²) in [5.74, 6) is 0.884. The van der Waals surface area contributed by atoms with Crippen LogP contribution in [0, 0.1) is 18.2 Å². The molecule has 1 aromatic carbocycles. The Hall–Kier alpha value is -4.19. The average molecular weight is 520 g/mol. The first kappa shape index (κ1) is 26.9. The number of anilines is 3. The second kappa shape index (κ2) is 11.9. The Kier molecular flexibility index (Phi) is 8.41. The molecule has 0 spiro atoms. The Bertz CT molecular complexity index is 1320. The third kappa shape index (κ3) is 6.20. The van der Waals surface area contributed by atoms with E-state index in [1.165, 1.54) is 6.20 Å². The molecule has 0 saturated carbocycles. The Labute approximate surface area is 221 Å². The van der Waals surface area contributed by atoms with Crippen LogP contribution in [0.25, 0.3) is 0 Å². The van der Waals surface area contributed by atoms with E-state index >= 15 is 0 Å². The molecule has 1 aliphatic rings. The number of rotatable bonds is 9. The second-order valence-electron chi connectivity index (χ2n) is 9.42. The number of halogens is 1. The highest BCUT2D eigenvalue weighted by molar-refractivity contribution is 6.00. The number of benzene rings is 1. The fraction of sp³-hybridized carbons (Fsp3) is 0.385. The molecule has 2 aromatic heterocycles. The van der Waals surface area contributed by atoms with Crippen LogP contribution in [0.5, 0.6) is 0 Å². The van der Waals surface area contributed by atoms with Crippen molar-refractivity contribution in [2.75, 3.05) is 55.2 Å². The van der Waals surface area contributed by atoms with Crippen molar-refractivity contribution in [2.45, 2.75) is 26.7 Å². The number of hydrogen-bond donors (Lipinski definition) is 4. The second-order valence-corrected chi connectivity index (χ2v) is 9.42. The fourth-order valence-corrected chi connectivity index (χ4v) is 4.33. The number of aromatic nitrogens is 4. The maximum Gasteiger partial charge on any atom is 0.224 e. The van der Waals surface area contributed by atoms with Gasteiger partial charge in [0.1, 0.15) is 17.3 Å². The van der Waals surface area contributed by atoms with Crippen LogP contribution in [0.2, 0.25) is 0 Å². The SMILES string of the molecule is Cc1nccnc1C(N)=Nc1nc(N)nc(NCCN2CCN(c3cc(C(C)C)ccc3F)CC2)c1C=N. The van der Waals surface area contributed by atoms with E-state index in [0.29, 0.717) is 40.9 Å². The van der Waals surface area contributed by atoms with Crippen molar-refractivity contribution in [2.24, 2.45) is 10.7 Å². The molecule has 0 unspecified atom stereocenters. The van der Waals surface area contributed by atoms with E-state index in [0.717, 1.165) is 44.5 Å². The van der Waals surface area contributed by atoms with Gasteiger partial charge < -0.3 is 27.1 Å². The smallest absolute Gasteiger partial charge is 0.224 e. The van der Waals surface area contributed by atoms with Crippen LogP contribution in [-0.2, 0) is 0 Å². The first-order valence-corrected chi connectivity index (χ1v) is 12.6. The molecule has 1 saturated heterocycles. The van der Waals surface area contributed by atoms with Gasteiger partial charge in [0.2, 0.25) is 5.95 Å². The molecule has 0 aliphatic carbocycles. The van der Waals surface area contributed by atoms with Crippen molar-refractivity contribution in [3.05, 3.63) is 58.9 Å². The van der Waals surface area contributed by atoms with Gasteiger partial charge in [0, 0.05) is 57.9 Å². The Morgan fingerprint density at radius 2 is 1.92 bits per heavy atom. The highest BCUT2D eigenvalue weighted by Gasteiger charge is 2.20. The lowest BCUT2D eigenvalue weighted by Gasteiger charge is -2.36. The van der Waals surface area contributed by atoms with E-state index < -0.39 is 0 Å². The number of amidine groups is 1. The molecule has 1 fully saturated rings. The monoisotopic (exact) mass is 519 g/mol. The third-order valence-corrected chi connectivity index (χ3v) is 6.51. The minimum absolute atomic E-state index is 0.0137. The van der Waals surface area contributed by atoms with Crippen LogP contribution >= 0.6 is 0 Å². The number of piperazine rings is 1. The highest BCUT2D eigenvalue weighted by Crippen LogP contribution is 2.26. The van der Waals surface area contributed by atoms with Gasteiger partial charge >= 0.3 is 0 Å². The Balaban J connectivity index is 1.39. The molecule has 11 nitrogen and oxygen atoms in total. The minimum atomic E-state index is -0.182. The van der Waals surface area contributed by atoms with Gasteiger partial charge in [0.05, 0.1) is 16.9 Å². The van der Waals surface area contributed by atoms with Crippen molar-refractivity contribution in [1.29, 1.82) is 5.41 Å². The van der Waals surface area contributed by atoms with Gasteiger partial charge in [0.15, 0.2) is 11.7 Å². The molecule has 0 atom stereocenters. The molecular weight excluding hydrogens is 485 g/mol. The molecule has 4 rings (SSSR count). The molecule has 1 aliphatic heterocycles. The lowest BCUT2D eigenvalue weighted by molar-refractivity contribution is 0.266. The van der Waals surface area contributed by atoms with Gasteiger partial charge in [-0.3, -0.25) is 9.88 Å². The standard InChI is InChI=1S/C26H34FN11/c1-16(2)18-4-5-20(27)21(14-18)38-12-10-37(11-13-38)9-8-33-24-19(15-28)25(36-26(30)35-24)34-23(29)22-17(3)31-6-7-32-22/h4-7,14-16,28H,8-13H2,1-3H3,(H5,29,30,33,34,35,36). The number of aryl methyl sites for hydroxylation is 1. The number of nitrogens with one attached hydrogen (secondary N) is 2. The zero-order valence-corrected chi connectivity index (χ0v) is 21.9. The predicted molar refractivity (Wildman–Crippen MR) is 149 cm³/mol. The van der Waals surface area contributed by atoms with Crippen molar-refractivity contribution in [3.8, 4) is 0 Å². The molecule has 0 amide bonds. The molecule has 0 radical (unpaired) electrons. The molecule has 3 aromatic rings. The first-order valence-electron chi connectivity index (χ1n) is 12.6. The van der Waals surface area contributed by atoms with Crippen molar-refractivity contribution in [3.63, 3.8) is 0 Å². The number of nitrogens with two attached hydrogens (primary N) is 2. The van der Waals surface area contributed by atoms with Gasteiger partial charge in [-0.05, 0) is 30.5 Å². The Morgan fingerprint density at radius 1 is 1.18 bits per heavy atom. The lowest BCUT2D eigenvalue weighted by atomic mass is 10.0. The van der Waals surface area contributed by atoms with Crippen LogP contribution in [0.15, 0.2) is 35.6 Å². The highest BCUT2D eigenvalue weighted by atomic mass is 19.1. The predicted octanol–water partition coefficient (Wildman–Crippen LogP) is 2.69. The van der Waals surface area contributed by atoms with E-state index in [-0.39, 0.29) is 23.4 Å². The Morgan fingerprint density at radius 3 is 2.61 bits per heavy atom. The van der Waals surface area contributed by atoms with Crippen LogP contribution in [0.3, 0.4) is 0 Å². The van der Waals surface area contributed by atoms with E-state index in [2.05, 4.69) is 53.9 Å². The van der Waals surface area contributed by atoms with E-state index in [9.17, 15) is 4.39 Å². The average Bonchev–Trinajstić information content (AvgIpc) is 2.89. The molecule has 0 bridgehead atoms. The zero-order valence-electron chi connectivity index (χ0n) is 21.9. The van der Waals surface area contributed by atoms with Gasteiger partial charge in [0.25, 0.3) is 0 Å². The summed E-state index contributed by atoms with van der Waals surface area (Å²) < 4.78 is 14.5. The summed E-state index contributed by atoms with van der Waals surface area (Å²) in [6.07, 6.45) is 4.22. The van der Waals surface area contributed by atoms with Crippen LogP contribution in [0.4, 0.5) is 27.7 Å². The van der Waals surface area contributed by atoms with E-state index in [4.69, 9.17) is 16.9 Å². The zero-order chi connectivity index (χ0) is 27.2. The fourth-order valence-electron chi connectivity index (χ4n) is 4.33.